The summed E-state index contributed by atoms with van der Waals surface area (Å²) < 4.78 is 9.51. The van der Waals surface area contributed by atoms with Crippen LogP contribution < -0.4 is 0 Å². The van der Waals surface area contributed by atoms with Crippen LogP contribution in [-0.2, 0) is 0 Å². The lowest BCUT2D eigenvalue weighted by Crippen LogP contribution is -1.95. The molecule has 0 N–H and O–H groups in total. The van der Waals surface area contributed by atoms with Crippen molar-refractivity contribution < 1.29 is 0 Å². The number of hydrogen-bond acceptors (Lipinski definition) is 3. The molecule has 0 fully saturated rings. The Labute approximate surface area is 323 Å². The van der Waals surface area contributed by atoms with Crippen LogP contribution in [-0.4, -0.2) is 13.7 Å². The summed E-state index contributed by atoms with van der Waals surface area (Å²) in [7, 11) is 0. The Bertz CT molecular complexity index is 3730. The summed E-state index contributed by atoms with van der Waals surface area (Å²) in [5.74, 6) is 0. The Kier molecular flexibility index (Phi) is 6.28. The van der Waals surface area contributed by atoms with E-state index in [2.05, 4.69) is 171 Å². The highest BCUT2D eigenvalue weighted by molar-refractivity contribution is 7.25. The van der Waals surface area contributed by atoms with Crippen LogP contribution in [0.5, 0.6) is 0 Å². The molecule has 0 bridgehead atoms. The molecule has 12 aromatic rings. The van der Waals surface area contributed by atoms with E-state index in [9.17, 15) is 10.5 Å². The van der Waals surface area contributed by atoms with Crippen molar-refractivity contribution in [2.24, 2.45) is 0 Å². The third-order valence-corrected chi connectivity index (χ3v) is 12.6. The lowest BCUT2D eigenvalue weighted by molar-refractivity contribution is 1.18. The average molecular weight is 730 g/mol. The van der Waals surface area contributed by atoms with E-state index in [-0.39, 0.29) is 0 Å². The van der Waals surface area contributed by atoms with Crippen LogP contribution in [0.2, 0.25) is 0 Å². The number of nitriles is 2. The van der Waals surface area contributed by atoms with Crippen molar-refractivity contribution in [3.63, 3.8) is 0 Å². The maximum atomic E-state index is 10.1. The van der Waals surface area contributed by atoms with Gasteiger partial charge in [0.25, 0.3) is 0 Å². The second-order valence-electron chi connectivity index (χ2n) is 14.4. The molecule has 5 nitrogen and oxygen atoms in total. The normalized spacial score (nSPS) is 11.9. The first-order chi connectivity index (χ1) is 27.7. The summed E-state index contributed by atoms with van der Waals surface area (Å²) in [6.07, 6.45) is 0. The van der Waals surface area contributed by atoms with Gasteiger partial charge in [-0.15, -0.1) is 11.3 Å². The minimum Gasteiger partial charge on any atom is -0.309 e. The number of para-hydroxylation sites is 3. The SMILES string of the molecule is N#Cc1ccc2c(c1)c1ccccc1n2-c1ccc2sc3ccc(-n4c5ccc(C#N)cc5c5c4ccc4c6ccccc6n(-c6ccccc6)c45)cc3c2c1. The minimum atomic E-state index is 0.636. The Morgan fingerprint density at radius 2 is 0.875 bits per heavy atom. The number of aromatic nitrogens is 3. The zero-order valence-electron chi connectivity index (χ0n) is 29.7. The maximum absolute atomic E-state index is 10.1. The Morgan fingerprint density at radius 1 is 0.357 bits per heavy atom. The van der Waals surface area contributed by atoms with Gasteiger partial charge in [-0.1, -0.05) is 60.7 Å². The van der Waals surface area contributed by atoms with E-state index in [4.69, 9.17) is 0 Å². The van der Waals surface area contributed by atoms with Gasteiger partial charge in [0, 0.05) is 69.6 Å². The molecule has 0 saturated heterocycles. The van der Waals surface area contributed by atoms with Gasteiger partial charge >= 0.3 is 0 Å². The summed E-state index contributed by atoms with van der Waals surface area (Å²) in [5.41, 5.74) is 11.1. The zero-order valence-corrected chi connectivity index (χ0v) is 30.5. The molecule has 0 amide bonds. The van der Waals surface area contributed by atoms with Crippen molar-refractivity contribution >= 4 is 96.9 Å². The van der Waals surface area contributed by atoms with E-state index in [1.807, 2.05) is 29.5 Å². The van der Waals surface area contributed by atoms with E-state index < -0.39 is 0 Å². The summed E-state index contributed by atoms with van der Waals surface area (Å²) in [4.78, 5) is 0. The number of rotatable bonds is 3. The van der Waals surface area contributed by atoms with Gasteiger partial charge in [-0.3, -0.25) is 0 Å². The van der Waals surface area contributed by atoms with Crippen molar-refractivity contribution in [3.05, 3.63) is 175 Å². The van der Waals surface area contributed by atoms with Crippen LogP contribution in [0.15, 0.2) is 164 Å². The van der Waals surface area contributed by atoms with Gasteiger partial charge in [-0.2, -0.15) is 10.5 Å². The quantitative estimate of drug-likeness (QED) is 0.182. The molecule has 0 spiro atoms. The fraction of sp³-hybridized carbons (Fsp3) is 0. The third-order valence-electron chi connectivity index (χ3n) is 11.5. The first-order valence-corrected chi connectivity index (χ1v) is 19.4. The van der Waals surface area contributed by atoms with Gasteiger partial charge in [-0.05, 0) is 103 Å². The van der Waals surface area contributed by atoms with Crippen LogP contribution in [0.25, 0.3) is 103 Å². The summed E-state index contributed by atoms with van der Waals surface area (Å²) >= 11 is 1.81. The largest absolute Gasteiger partial charge is 0.309 e. The molecule has 258 valence electrons. The highest BCUT2D eigenvalue weighted by Gasteiger charge is 2.22. The van der Waals surface area contributed by atoms with Crippen LogP contribution in [0.3, 0.4) is 0 Å². The van der Waals surface area contributed by atoms with E-state index in [1.165, 1.54) is 30.9 Å². The number of fused-ring (bicyclic) bond motifs is 13. The highest BCUT2D eigenvalue weighted by atomic mass is 32.1. The monoisotopic (exact) mass is 729 g/mol. The van der Waals surface area contributed by atoms with Gasteiger partial charge < -0.3 is 13.7 Å². The third kappa shape index (κ3) is 4.16. The van der Waals surface area contributed by atoms with Crippen molar-refractivity contribution in [2.45, 2.75) is 0 Å². The standard InChI is InChI=1S/C50H27N5S/c51-28-30-14-19-44-38(24-30)36-11-5-6-12-42(36)53(44)33-16-22-47-39(26-33)40-27-34(17-23-48(40)56-47)54-45-20-15-31(29-52)25-41(45)49-46(54)21-18-37-35-10-4-7-13-43(35)55(50(37)49)32-8-2-1-3-9-32/h1-27H. The van der Waals surface area contributed by atoms with Crippen LogP contribution >= 0.6 is 11.3 Å². The highest BCUT2D eigenvalue weighted by Crippen LogP contribution is 2.44. The second kappa shape index (κ2) is 11.4. The van der Waals surface area contributed by atoms with Gasteiger partial charge in [0.1, 0.15) is 0 Å². The maximum Gasteiger partial charge on any atom is 0.0991 e. The lowest BCUT2D eigenvalue weighted by Gasteiger charge is -2.10. The van der Waals surface area contributed by atoms with Crippen LogP contribution in [0.1, 0.15) is 11.1 Å². The first kappa shape index (κ1) is 30.8. The van der Waals surface area contributed by atoms with Crippen molar-refractivity contribution in [2.75, 3.05) is 0 Å². The fourth-order valence-corrected chi connectivity index (χ4v) is 10.2. The molecular formula is C50H27N5S. The van der Waals surface area contributed by atoms with Crippen LogP contribution in [0, 0.1) is 22.7 Å². The predicted molar refractivity (Wildman–Crippen MR) is 232 cm³/mol. The number of nitrogens with zero attached hydrogens (tertiary/aromatic N) is 5. The molecule has 0 aliphatic rings. The van der Waals surface area contributed by atoms with E-state index in [1.54, 1.807) is 0 Å². The van der Waals surface area contributed by atoms with Gasteiger partial charge in [-0.25, -0.2) is 0 Å². The minimum absolute atomic E-state index is 0.636. The molecule has 12 rings (SSSR count). The van der Waals surface area contributed by atoms with Gasteiger partial charge in [0.05, 0.1) is 56.4 Å². The van der Waals surface area contributed by atoms with Crippen LogP contribution in [0.4, 0.5) is 0 Å². The first-order valence-electron chi connectivity index (χ1n) is 18.5. The molecule has 0 unspecified atom stereocenters. The molecule has 0 saturated carbocycles. The molecule has 0 atom stereocenters. The average Bonchev–Trinajstić information content (AvgIpc) is 3.99. The number of thiophene rings is 1. The van der Waals surface area contributed by atoms with Gasteiger partial charge in [0.15, 0.2) is 0 Å². The Balaban J connectivity index is 1.14. The molecule has 0 radical (unpaired) electrons. The lowest BCUT2D eigenvalue weighted by atomic mass is 10.1. The predicted octanol–water partition coefficient (Wildman–Crippen LogP) is 13.1. The van der Waals surface area contributed by atoms with Crippen molar-refractivity contribution in [3.8, 4) is 29.2 Å². The summed E-state index contributed by atoms with van der Waals surface area (Å²) in [5, 5.41) is 28.9. The van der Waals surface area contributed by atoms with Crippen molar-refractivity contribution in [1.82, 2.24) is 13.7 Å². The zero-order chi connectivity index (χ0) is 37.1. The summed E-state index contributed by atoms with van der Waals surface area (Å²) in [6.45, 7) is 0. The Hall–Kier alpha value is -7.64. The summed E-state index contributed by atoms with van der Waals surface area (Å²) in [6, 6.07) is 62.5. The molecule has 4 aromatic heterocycles. The fourth-order valence-electron chi connectivity index (χ4n) is 9.10. The molecule has 0 aliphatic carbocycles. The van der Waals surface area contributed by atoms with Crippen molar-refractivity contribution in [1.29, 1.82) is 10.5 Å². The number of hydrogen-bond donors (Lipinski definition) is 0. The van der Waals surface area contributed by atoms with E-state index in [0.717, 1.165) is 71.7 Å². The molecule has 0 aliphatic heterocycles. The van der Waals surface area contributed by atoms with Gasteiger partial charge in [0.2, 0.25) is 0 Å². The topological polar surface area (TPSA) is 62.4 Å². The van der Waals surface area contributed by atoms with E-state index in [0.29, 0.717) is 11.1 Å². The molecule has 8 aromatic carbocycles. The molecular weight excluding hydrogens is 703 g/mol. The van der Waals surface area contributed by atoms with E-state index >= 15 is 0 Å². The molecule has 56 heavy (non-hydrogen) atoms. The second-order valence-corrected chi connectivity index (χ2v) is 15.5. The smallest absolute Gasteiger partial charge is 0.0991 e. The molecule has 4 heterocycles. The Morgan fingerprint density at radius 3 is 1.54 bits per heavy atom. The number of benzene rings is 8. The molecule has 6 heteroatoms.